The Morgan fingerprint density at radius 1 is 1.26 bits per heavy atom. The van der Waals surface area contributed by atoms with E-state index < -0.39 is 42.3 Å². The summed E-state index contributed by atoms with van der Waals surface area (Å²) in [5.41, 5.74) is -1.85. The van der Waals surface area contributed by atoms with Gasteiger partial charge >= 0.3 is 6.18 Å². The first-order valence-corrected chi connectivity index (χ1v) is 5.14. The molecule has 0 saturated heterocycles. The summed E-state index contributed by atoms with van der Waals surface area (Å²) in [4.78, 5) is 11.5. The molecule has 0 aliphatic rings. The van der Waals surface area contributed by atoms with Gasteiger partial charge in [-0.05, 0) is 12.1 Å². The van der Waals surface area contributed by atoms with Crippen LogP contribution in [0, 0.1) is 0 Å². The third-order valence-electron chi connectivity index (χ3n) is 2.24. The first-order valence-electron chi connectivity index (χ1n) is 5.14. The minimum Gasteiger partial charge on any atom is -0.385 e. The minimum atomic E-state index is -4.73. The van der Waals surface area contributed by atoms with E-state index in [1.165, 1.54) is 6.07 Å². The standard InChI is InChI=1S/C11H10F5NO2/c12-9(13)8(18)5-17-10(19)6-3-1-2-4-7(6)11(14,15)16/h1-4,8-9,18H,5H2,(H,17,19). The second-order valence-electron chi connectivity index (χ2n) is 3.66. The van der Waals surface area contributed by atoms with E-state index in [2.05, 4.69) is 0 Å². The molecule has 0 bridgehead atoms. The van der Waals surface area contributed by atoms with Crippen LogP contribution in [-0.2, 0) is 6.18 Å². The molecule has 1 atom stereocenters. The van der Waals surface area contributed by atoms with Crippen molar-refractivity contribution >= 4 is 5.91 Å². The Kier molecular flexibility index (Phi) is 4.82. The highest BCUT2D eigenvalue weighted by Crippen LogP contribution is 2.31. The summed E-state index contributed by atoms with van der Waals surface area (Å²) in [6, 6.07) is 3.95. The van der Waals surface area contributed by atoms with Crippen LogP contribution in [0.2, 0.25) is 0 Å². The Labute approximate surface area is 105 Å². The number of aliphatic hydroxyl groups is 1. The van der Waals surface area contributed by atoms with E-state index in [4.69, 9.17) is 5.11 Å². The molecule has 0 aliphatic heterocycles. The molecule has 0 radical (unpaired) electrons. The summed E-state index contributed by atoms with van der Waals surface area (Å²) in [7, 11) is 0. The summed E-state index contributed by atoms with van der Waals surface area (Å²) in [5, 5.41) is 10.6. The molecule has 19 heavy (non-hydrogen) atoms. The van der Waals surface area contributed by atoms with Crippen molar-refractivity contribution in [3.63, 3.8) is 0 Å². The maximum atomic E-state index is 12.6. The summed E-state index contributed by atoms with van der Waals surface area (Å²) >= 11 is 0. The fourth-order valence-corrected chi connectivity index (χ4v) is 1.31. The second-order valence-corrected chi connectivity index (χ2v) is 3.66. The number of alkyl halides is 5. The van der Waals surface area contributed by atoms with Crippen LogP contribution in [0.4, 0.5) is 22.0 Å². The lowest BCUT2D eigenvalue weighted by atomic mass is 10.1. The third-order valence-corrected chi connectivity index (χ3v) is 2.24. The highest BCUT2D eigenvalue weighted by atomic mass is 19.4. The molecular formula is C11H10F5NO2. The van der Waals surface area contributed by atoms with Crippen LogP contribution < -0.4 is 5.32 Å². The fraction of sp³-hybridized carbons (Fsp3) is 0.364. The first-order chi connectivity index (χ1) is 8.73. The summed E-state index contributed by atoms with van der Waals surface area (Å²) in [6.45, 7) is -0.831. The Balaban J connectivity index is 2.83. The lowest BCUT2D eigenvalue weighted by molar-refractivity contribution is -0.137. The van der Waals surface area contributed by atoms with Gasteiger partial charge in [-0.25, -0.2) is 8.78 Å². The third kappa shape index (κ3) is 4.16. The summed E-state index contributed by atoms with van der Waals surface area (Å²) in [6.07, 6.45) is -9.94. The number of rotatable bonds is 4. The fourth-order valence-electron chi connectivity index (χ4n) is 1.31. The van der Waals surface area contributed by atoms with Crippen molar-refractivity contribution in [3.05, 3.63) is 35.4 Å². The Morgan fingerprint density at radius 3 is 2.37 bits per heavy atom. The molecule has 1 rings (SSSR count). The van der Waals surface area contributed by atoms with Gasteiger partial charge in [0, 0.05) is 6.54 Å². The van der Waals surface area contributed by atoms with Crippen LogP contribution >= 0.6 is 0 Å². The van der Waals surface area contributed by atoms with Crippen molar-refractivity contribution in [2.75, 3.05) is 6.54 Å². The van der Waals surface area contributed by atoms with Crippen molar-refractivity contribution in [1.82, 2.24) is 5.32 Å². The number of carbonyl (C=O) groups is 1. The molecule has 0 spiro atoms. The van der Waals surface area contributed by atoms with E-state index in [1.807, 2.05) is 5.32 Å². The second kappa shape index (κ2) is 5.96. The molecular weight excluding hydrogens is 273 g/mol. The predicted molar refractivity (Wildman–Crippen MR) is 55.8 cm³/mol. The monoisotopic (exact) mass is 283 g/mol. The van der Waals surface area contributed by atoms with Gasteiger partial charge in [-0.3, -0.25) is 4.79 Å². The summed E-state index contributed by atoms with van der Waals surface area (Å²) < 4.78 is 61.7. The van der Waals surface area contributed by atoms with E-state index >= 15 is 0 Å². The number of benzene rings is 1. The van der Waals surface area contributed by atoms with Gasteiger partial charge < -0.3 is 10.4 Å². The Morgan fingerprint density at radius 2 is 1.84 bits per heavy atom. The topological polar surface area (TPSA) is 49.3 Å². The maximum absolute atomic E-state index is 12.6. The SMILES string of the molecule is O=C(NCC(O)C(F)F)c1ccccc1C(F)(F)F. The quantitative estimate of drug-likeness (QED) is 0.831. The number of carbonyl (C=O) groups excluding carboxylic acids is 1. The largest absolute Gasteiger partial charge is 0.417 e. The molecule has 0 aliphatic carbocycles. The zero-order chi connectivity index (χ0) is 14.6. The molecule has 0 fully saturated rings. The number of halogens is 5. The molecule has 0 saturated carbocycles. The van der Waals surface area contributed by atoms with Crippen molar-refractivity contribution in [1.29, 1.82) is 0 Å². The maximum Gasteiger partial charge on any atom is 0.417 e. The van der Waals surface area contributed by atoms with Gasteiger partial charge in [0.25, 0.3) is 12.3 Å². The molecule has 0 aromatic heterocycles. The van der Waals surface area contributed by atoms with Crippen LogP contribution in [0.5, 0.6) is 0 Å². The predicted octanol–water partition coefficient (Wildman–Crippen LogP) is 2.06. The van der Waals surface area contributed by atoms with Crippen LogP contribution in [0.1, 0.15) is 15.9 Å². The van der Waals surface area contributed by atoms with Gasteiger partial charge in [-0.2, -0.15) is 13.2 Å². The normalized spacial score (nSPS) is 13.4. The van der Waals surface area contributed by atoms with Gasteiger partial charge in [0.1, 0.15) is 6.10 Å². The zero-order valence-corrected chi connectivity index (χ0v) is 9.42. The van der Waals surface area contributed by atoms with Crippen LogP contribution in [0.15, 0.2) is 24.3 Å². The van der Waals surface area contributed by atoms with E-state index in [1.54, 1.807) is 0 Å². The molecule has 1 amide bonds. The molecule has 3 nitrogen and oxygen atoms in total. The number of aliphatic hydroxyl groups excluding tert-OH is 1. The molecule has 0 heterocycles. The lowest BCUT2D eigenvalue weighted by Crippen LogP contribution is -2.36. The smallest absolute Gasteiger partial charge is 0.385 e. The van der Waals surface area contributed by atoms with E-state index in [-0.39, 0.29) is 0 Å². The van der Waals surface area contributed by atoms with Crippen LogP contribution in [0.25, 0.3) is 0 Å². The minimum absolute atomic E-state index is 0.684. The first kappa shape index (κ1) is 15.4. The molecule has 106 valence electrons. The Hall–Kier alpha value is -1.70. The van der Waals surface area contributed by atoms with Crippen molar-refractivity contribution < 1.29 is 31.9 Å². The molecule has 8 heteroatoms. The molecule has 2 N–H and O–H groups in total. The number of hydrogen-bond acceptors (Lipinski definition) is 2. The zero-order valence-electron chi connectivity index (χ0n) is 9.42. The molecule has 1 aromatic rings. The summed E-state index contributed by atoms with van der Waals surface area (Å²) in [5.74, 6) is -1.17. The number of hydrogen-bond donors (Lipinski definition) is 2. The van der Waals surface area contributed by atoms with Crippen LogP contribution in [-0.4, -0.2) is 30.1 Å². The van der Waals surface area contributed by atoms with Gasteiger partial charge in [-0.1, -0.05) is 12.1 Å². The van der Waals surface area contributed by atoms with Crippen molar-refractivity contribution in [2.45, 2.75) is 18.7 Å². The van der Waals surface area contributed by atoms with E-state index in [0.29, 0.717) is 6.07 Å². The van der Waals surface area contributed by atoms with Crippen molar-refractivity contribution in [3.8, 4) is 0 Å². The van der Waals surface area contributed by atoms with Crippen molar-refractivity contribution in [2.24, 2.45) is 0 Å². The van der Waals surface area contributed by atoms with E-state index in [0.717, 1.165) is 12.1 Å². The highest BCUT2D eigenvalue weighted by Gasteiger charge is 2.34. The number of amides is 1. The molecule has 1 aromatic carbocycles. The van der Waals surface area contributed by atoms with E-state index in [9.17, 15) is 26.7 Å². The Bertz CT molecular complexity index is 447. The average Bonchev–Trinajstić information content (AvgIpc) is 2.34. The van der Waals surface area contributed by atoms with Gasteiger partial charge in [-0.15, -0.1) is 0 Å². The van der Waals surface area contributed by atoms with Crippen LogP contribution in [0.3, 0.4) is 0 Å². The van der Waals surface area contributed by atoms with Gasteiger partial charge in [0.05, 0.1) is 11.1 Å². The molecule has 1 unspecified atom stereocenters. The van der Waals surface area contributed by atoms with Gasteiger partial charge in [0.2, 0.25) is 0 Å². The number of nitrogens with one attached hydrogen (secondary N) is 1. The lowest BCUT2D eigenvalue weighted by Gasteiger charge is -2.14. The average molecular weight is 283 g/mol. The van der Waals surface area contributed by atoms with Gasteiger partial charge in [0.15, 0.2) is 0 Å². The highest BCUT2D eigenvalue weighted by molar-refractivity contribution is 5.95.